The number of hydrogen-bond acceptors (Lipinski definition) is 3. The first-order chi connectivity index (χ1) is 11.1. The molecule has 24 heavy (non-hydrogen) atoms. The average Bonchev–Trinajstić information content (AvgIpc) is 3.08. The van der Waals surface area contributed by atoms with E-state index in [-0.39, 0.29) is 24.0 Å². The van der Waals surface area contributed by atoms with E-state index < -0.39 is 0 Å². The quantitative estimate of drug-likeness (QED) is 0.384. The summed E-state index contributed by atoms with van der Waals surface area (Å²) in [6, 6.07) is 8.65. The molecule has 6 heteroatoms. The zero-order valence-electron chi connectivity index (χ0n) is 15.0. The lowest BCUT2D eigenvalue weighted by Crippen LogP contribution is -2.40. The number of rotatable bonds is 7. The van der Waals surface area contributed by atoms with Crippen molar-refractivity contribution in [1.29, 1.82) is 0 Å². The largest absolute Gasteiger partial charge is 0.497 e. The number of hydrogen-bond donors (Lipinski definition) is 2. The Balaban J connectivity index is 0.00000288. The number of halogens is 1. The first-order valence-electron chi connectivity index (χ1n) is 8.52. The number of likely N-dealkylation sites (tertiary alicyclic amines) is 1. The van der Waals surface area contributed by atoms with Crippen molar-refractivity contribution in [3.8, 4) is 5.75 Å². The van der Waals surface area contributed by atoms with Crippen molar-refractivity contribution >= 4 is 29.9 Å². The number of nitrogens with two attached hydrogens (primary N) is 1. The molecular formula is C18H31IN4O. The summed E-state index contributed by atoms with van der Waals surface area (Å²) in [6.45, 7) is 8.10. The molecule has 0 aromatic heterocycles. The minimum Gasteiger partial charge on any atom is -0.497 e. The van der Waals surface area contributed by atoms with Crippen LogP contribution in [0, 0.1) is 5.92 Å². The Bertz CT molecular complexity index is 498. The Morgan fingerprint density at radius 3 is 2.42 bits per heavy atom. The Morgan fingerprint density at radius 1 is 1.25 bits per heavy atom. The number of ether oxygens (including phenoxy) is 1. The number of nitrogens with zero attached hydrogens (tertiary/aromatic N) is 2. The molecule has 2 rings (SSSR count). The van der Waals surface area contributed by atoms with Crippen molar-refractivity contribution < 1.29 is 4.74 Å². The highest BCUT2D eigenvalue weighted by Crippen LogP contribution is 2.26. The van der Waals surface area contributed by atoms with Crippen LogP contribution in [-0.4, -0.2) is 44.1 Å². The van der Waals surface area contributed by atoms with E-state index in [1.807, 2.05) is 12.1 Å². The van der Waals surface area contributed by atoms with Crippen LogP contribution in [0.4, 0.5) is 0 Å². The van der Waals surface area contributed by atoms with Gasteiger partial charge < -0.3 is 15.8 Å². The molecule has 3 N–H and O–H groups in total. The molecule has 1 aliphatic heterocycles. The van der Waals surface area contributed by atoms with Gasteiger partial charge in [-0.2, -0.15) is 0 Å². The van der Waals surface area contributed by atoms with Crippen LogP contribution in [0.1, 0.15) is 38.3 Å². The van der Waals surface area contributed by atoms with Crippen LogP contribution in [0.5, 0.6) is 5.75 Å². The highest BCUT2D eigenvalue weighted by atomic mass is 127. The fraction of sp³-hybridized carbons (Fsp3) is 0.611. The molecule has 0 bridgehead atoms. The van der Waals surface area contributed by atoms with Gasteiger partial charge in [-0.05, 0) is 49.5 Å². The van der Waals surface area contributed by atoms with E-state index in [0.29, 0.717) is 17.9 Å². The third-order valence-electron chi connectivity index (χ3n) is 4.19. The maximum atomic E-state index is 5.99. The average molecular weight is 446 g/mol. The van der Waals surface area contributed by atoms with Gasteiger partial charge in [-0.15, -0.1) is 24.0 Å². The molecule has 0 aliphatic carbocycles. The van der Waals surface area contributed by atoms with Crippen LogP contribution in [0.2, 0.25) is 0 Å². The fourth-order valence-electron chi connectivity index (χ4n) is 2.88. The summed E-state index contributed by atoms with van der Waals surface area (Å²) in [5, 5.41) is 3.30. The first kappa shape index (κ1) is 21.0. The molecule has 136 valence electrons. The summed E-state index contributed by atoms with van der Waals surface area (Å²) in [5.74, 6) is 1.95. The third kappa shape index (κ3) is 6.47. The van der Waals surface area contributed by atoms with Gasteiger partial charge in [0.25, 0.3) is 0 Å². The van der Waals surface area contributed by atoms with Gasteiger partial charge in [-0.1, -0.05) is 26.0 Å². The molecule has 1 heterocycles. The molecule has 5 nitrogen and oxygen atoms in total. The lowest BCUT2D eigenvalue weighted by Gasteiger charge is -2.28. The minimum absolute atomic E-state index is 0. The zero-order valence-corrected chi connectivity index (χ0v) is 17.3. The van der Waals surface area contributed by atoms with E-state index in [9.17, 15) is 0 Å². The van der Waals surface area contributed by atoms with Crippen LogP contribution in [0.3, 0.4) is 0 Å². The predicted molar refractivity (Wildman–Crippen MR) is 111 cm³/mol. The number of benzene rings is 1. The van der Waals surface area contributed by atoms with Crippen molar-refractivity contribution in [2.24, 2.45) is 16.6 Å². The Morgan fingerprint density at radius 2 is 1.88 bits per heavy atom. The summed E-state index contributed by atoms with van der Waals surface area (Å²) < 4.78 is 5.26. The Kier molecular flexibility index (Phi) is 9.43. The number of nitrogens with one attached hydrogen (secondary N) is 1. The van der Waals surface area contributed by atoms with E-state index in [0.717, 1.165) is 31.9 Å². The van der Waals surface area contributed by atoms with Crippen LogP contribution in [0.25, 0.3) is 0 Å². The number of methoxy groups -OCH3 is 1. The second-order valence-electron chi connectivity index (χ2n) is 6.53. The lowest BCUT2D eigenvalue weighted by molar-refractivity contribution is 0.245. The van der Waals surface area contributed by atoms with Gasteiger partial charge in [0.15, 0.2) is 5.96 Å². The summed E-state index contributed by atoms with van der Waals surface area (Å²) in [7, 11) is 1.69. The second kappa shape index (κ2) is 10.8. The van der Waals surface area contributed by atoms with E-state index in [1.165, 1.54) is 18.4 Å². The van der Waals surface area contributed by atoms with Crippen LogP contribution < -0.4 is 15.8 Å². The normalized spacial score (nSPS) is 16.8. The Hall–Kier alpha value is -1.02. The number of aliphatic imine (C=N–C) groups is 1. The van der Waals surface area contributed by atoms with E-state index >= 15 is 0 Å². The second-order valence-corrected chi connectivity index (χ2v) is 6.53. The topological polar surface area (TPSA) is 62.9 Å². The standard InChI is InChI=1S/C18H30N4O.HI/c1-14(2)12-20-18(19)21-13-17(22-10-4-5-11-22)15-6-8-16(23-3)9-7-15;/h6-9,14,17H,4-5,10-13H2,1-3H3,(H3,19,20,21);1H. The summed E-state index contributed by atoms with van der Waals surface area (Å²) in [4.78, 5) is 6.91. The highest BCUT2D eigenvalue weighted by Gasteiger charge is 2.23. The smallest absolute Gasteiger partial charge is 0.188 e. The molecule has 0 amide bonds. The fourth-order valence-corrected chi connectivity index (χ4v) is 2.88. The molecule has 0 spiro atoms. The number of guanidine groups is 1. The van der Waals surface area contributed by atoms with Gasteiger partial charge in [0, 0.05) is 13.1 Å². The zero-order chi connectivity index (χ0) is 16.7. The maximum Gasteiger partial charge on any atom is 0.188 e. The van der Waals surface area contributed by atoms with Gasteiger partial charge in [0.2, 0.25) is 0 Å². The molecule has 1 unspecified atom stereocenters. The van der Waals surface area contributed by atoms with Crippen molar-refractivity contribution in [3.05, 3.63) is 29.8 Å². The molecule has 1 atom stereocenters. The summed E-state index contributed by atoms with van der Waals surface area (Å²) in [6.07, 6.45) is 2.53. The van der Waals surface area contributed by atoms with Gasteiger partial charge in [-0.25, -0.2) is 0 Å². The third-order valence-corrected chi connectivity index (χ3v) is 4.19. The summed E-state index contributed by atoms with van der Waals surface area (Å²) in [5.41, 5.74) is 7.28. The maximum absolute atomic E-state index is 5.99. The highest BCUT2D eigenvalue weighted by molar-refractivity contribution is 14.0. The van der Waals surface area contributed by atoms with Crippen molar-refractivity contribution in [2.45, 2.75) is 32.7 Å². The minimum atomic E-state index is 0. The van der Waals surface area contributed by atoms with E-state index in [4.69, 9.17) is 10.5 Å². The van der Waals surface area contributed by atoms with Crippen LogP contribution in [0.15, 0.2) is 29.3 Å². The monoisotopic (exact) mass is 446 g/mol. The predicted octanol–water partition coefficient (Wildman–Crippen LogP) is 3.01. The van der Waals surface area contributed by atoms with E-state index in [1.54, 1.807) is 7.11 Å². The van der Waals surface area contributed by atoms with Crippen molar-refractivity contribution in [1.82, 2.24) is 10.2 Å². The molecule has 1 fully saturated rings. The molecule has 0 saturated carbocycles. The molecule has 1 aromatic carbocycles. The van der Waals surface area contributed by atoms with Gasteiger partial charge >= 0.3 is 0 Å². The summed E-state index contributed by atoms with van der Waals surface area (Å²) >= 11 is 0. The lowest BCUT2D eigenvalue weighted by atomic mass is 10.1. The molecule has 0 radical (unpaired) electrons. The van der Waals surface area contributed by atoms with Crippen LogP contribution >= 0.6 is 24.0 Å². The molecular weight excluding hydrogens is 415 g/mol. The first-order valence-corrected chi connectivity index (χ1v) is 8.52. The van der Waals surface area contributed by atoms with E-state index in [2.05, 4.69) is 41.2 Å². The van der Waals surface area contributed by atoms with Crippen molar-refractivity contribution in [3.63, 3.8) is 0 Å². The molecule has 1 aliphatic rings. The van der Waals surface area contributed by atoms with Gasteiger partial charge in [0.1, 0.15) is 5.75 Å². The molecule has 1 saturated heterocycles. The van der Waals surface area contributed by atoms with Gasteiger partial charge in [-0.3, -0.25) is 9.89 Å². The van der Waals surface area contributed by atoms with Crippen molar-refractivity contribution in [2.75, 3.05) is 33.3 Å². The Labute approximate surface area is 163 Å². The van der Waals surface area contributed by atoms with Crippen LogP contribution in [-0.2, 0) is 0 Å². The molecule has 1 aromatic rings. The van der Waals surface area contributed by atoms with Gasteiger partial charge in [0.05, 0.1) is 13.2 Å². The SMILES string of the molecule is COc1ccc(C(CNC(N)=NCC(C)C)N2CCCC2)cc1.I.